The van der Waals surface area contributed by atoms with Gasteiger partial charge < -0.3 is 10.1 Å². The van der Waals surface area contributed by atoms with Gasteiger partial charge >= 0.3 is 0 Å². The second kappa shape index (κ2) is 7.42. The van der Waals surface area contributed by atoms with Crippen LogP contribution in [0.1, 0.15) is 38.2 Å². The van der Waals surface area contributed by atoms with Crippen LogP contribution in [0.25, 0.3) is 0 Å². The highest BCUT2D eigenvalue weighted by Gasteiger charge is 2.13. The quantitative estimate of drug-likeness (QED) is 0.746. The molecule has 0 bridgehead atoms. The van der Waals surface area contributed by atoms with E-state index < -0.39 is 0 Å². The average Bonchev–Trinajstić information content (AvgIpc) is 2.92. The van der Waals surface area contributed by atoms with E-state index in [0.717, 1.165) is 31.2 Å². The van der Waals surface area contributed by atoms with Crippen LogP contribution >= 0.6 is 0 Å². The first-order chi connectivity index (χ1) is 8.90. The summed E-state index contributed by atoms with van der Waals surface area (Å²) < 4.78 is 5.83. The second-order valence-corrected chi connectivity index (χ2v) is 5.16. The fourth-order valence-electron chi connectivity index (χ4n) is 2.69. The molecule has 0 radical (unpaired) electrons. The summed E-state index contributed by atoms with van der Waals surface area (Å²) in [4.78, 5) is 0. The van der Waals surface area contributed by atoms with Gasteiger partial charge in [-0.1, -0.05) is 38.0 Å². The van der Waals surface area contributed by atoms with Crippen LogP contribution in [-0.4, -0.2) is 19.7 Å². The van der Waals surface area contributed by atoms with Gasteiger partial charge in [0.1, 0.15) is 12.4 Å². The van der Waals surface area contributed by atoms with Crippen LogP contribution in [0.5, 0.6) is 5.75 Å². The lowest BCUT2D eigenvalue weighted by atomic mass is 10.1. The Bertz CT molecular complexity index is 345. The molecular formula is C16H25NO. The standard InChI is InChI=1S/C16H25NO/c1-2-15-9-5-6-10-16(15)18-12-11-17-13-14-7-3-4-8-14/h5-6,9-10,14,17H,2-4,7-8,11-13H2,1H3. The van der Waals surface area contributed by atoms with Gasteiger partial charge in [-0.25, -0.2) is 0 Å². The van der Waals surface area contributed by atoms with Crippen LogP contribution in [-0.2, 0) is 6.42 Å². The molecule has 2 nitrogen and oxygen atoms in total. The predicted molar refractivity (Wildman–Crippen MR) is 76.1 cm³/mol. The van der Waals surface area contributed by atoms with Gasteiger partial charge in [-0.05, 0) is 43.4 Å². The third-order valence-electron chi connectivity index (χ3n) is 3.80. The van der Waals surface area contributed by atoms with Crippen molar-refractivity contribution in [1.82, 2.24) is 5.32 Å². The van der Waals surface area contributed by atoms with E-state index in [4.69, 9.17) is 4.74 Å². The molecule has 0 atom stereocenters. The summed E-state index contributed by atoms with van der Waals surface area (Å²) in [6.45, 7) is 5.05. The maximum atomic E-state index is 5.83. The zero-order valence-electron chi connectivity index (χ0n) is 11.5. The molecule has 0 unspecified atom stereocenters. The van der Waals surface area contributed by atoms with Crippen molar-refractivity contribution in [2.24, 2.45) is 5.92 Å². The summed E-state index contributed by atoms with van der Waals surface area (Å²) in [7, 11) is 0. The lowest BCUT2D eigenvalue weighted by Crippen LogP contribution is -2.26. The summed E-state index contributed by atoms with van der Waals surface area (Å²) in [5, 5.41) is 3.51. The Kier molecular flexibility index (Phi) is 5.53. The zero-order chi connectivity index (χ0) is 12.6. The third-order valence-corrected chi connectivity index (χ3v) is 3.80. The minimum atomic E-state index is 0.768. The van der Waals surface area contributed by atoms with E-state index >= 15 is 0 Å². The average molecular weight is 247 g/mol. The van der Waals surface area contributed by atoms with Gasteiger partial charge in [0.15, 0.2) is 0 Å². The Morgan fingerprint density at radius 2 is 2.00 bits per heavy atom. The molecule has 1 aromatic rings. The molecule has 0 heterocycles. The monoisotopic (exact) mass is 247 g/mol. The van der Waals surface area contributed by atoms with E-state index in [0.29, 0.717) is 0 Å². The minimum absolute atomic E-state index is 0.768. The zero-order valence-corrected chi connectivity index (χ0v) is 11.5. The van der Waals surface area contributed by atoms with Gasteiger partial charge in [-0.3, -0.25) is 0 Å². The van der Waals surface area contributed by atoms with E-state index in [1.165, 1.54) is 37.8 Å². The second-order valence-electron chi connectivity index (χ2n) is 5.16. The van der Waals surface area contributed by atoms with Crippen molar-refractivity contribution < 1.29 is 4.74 Å². The summed E-state index contributed by atoms with van der Waals surface area (Å²) >= 11 is 0. The molecule has 0 saturated heterocycles. The van der Waals surface area contributed by atoms with Crippen LogP contribution in [0.4, 0.5) is 0 Å². The molecule has 100 valence electrons. The molecule has 1 fully saturated rings. The smallest absolute Gasteiger partial charge is 0.122 e. The van der Waals surface area contributed by atoms with Crippen molar-refractivity contribution >= 4 is 0 Å². The first kappa shape index (κ1) is 13.4. The van der Waals surface area contributed by atoms with E-state index in [1.807, 2.05) is 6.07 Å². The number of para-hydroxylation sites is 1. The highest BCUT2D eigenvalue weighted by Crippen LogP contribution is 2.23. The Morgan fingerprint density at radius 1 is 1.22 bits per heavy atom. The molecule has 0 aliphatic heterocycles. The Balaban J connectivity index is 1.62. The van der Waals surface area contributed by atoms with Crippen LogP contribution in [0.15, 0.2) is 24.3 Å². The van der Waals surface area contributed by atoms with Crippen LogP contribution in [0, 0.1) is 5.92 Å². The first-order valence-corrected chi connectivity index (χ1v) is 7.31. The lowest BCUT2D eigenvalue weighted by Gasteiger charge is -2.12. The molecular weight excluding hydrogens is 222 g/mol. The van der Waals surface area contributed by atoms with Gasteiger partial charge in [0, 0.05) is 6.54 Å². The topological polar surface area (TPSA) is 21.3 Å². The van der Waals surface area contributed by atoms with Crippen molar-refractivity contribution in [3.05, 3.63) is 29.8 Å². The van der Waals surface area contributed by atoms with Crippen molar-refractivity contribution in [2.45, 2.75) is 39.0 Å². The van der Waals surface area contributed by atoms with Crippen LogP contribution in [0.3, 0.4) is 0 Å². The van der Waals surface area contributed by atoms with Gasteiger partial charge in [0.05, 0.1) is 0 Å². The first-order valence-electron chi connectivity index (χ1n) is 7.31. The predicted octanol–water partition coefficient (Wildman–Crippen LogP) is 3.41. The number of ether oxygens (including phenoxy) is 1. The molecule has 0 spiro atoms. The van der Waals surface area contributed by atoms with Gasteiger partial charge in [-0.2, -0.15) is 0 Å². The van der Waals surface area contributed by atoms with E-state index in [-0.39, 0.29) is 0 Å². The maximum Gasteiger partial charge on any atom is 0.122 e. The van der Waals surface area contributed by atoms with E-state index in [2.05, 4.69) is 30.4 Å². The SMILES string of the molecule is CCc1ccccc1OCCNCC1CCCC1. The molecule has 0 amide bonds. The van der Waals surface area contributed by atoms with Crippen molar-refractivity contribution in [1.29, 1.82) is 0 Å². The number of nitrogens with one attached hydrogen (secondary N) is 1. The summed E-state index contributed by atoms with van der Waals surface area (Å²) in [5.41, 5.74) is 1.30. The maximum absolute atomic E-state index is 5.83. The molecule has 2 heteroatoms. The molecule has 2 rings (SSSR count). The highest BCUT2D eigenvalue weighted by molar-refractivity contribution is 5.33. The highest BCUT2D eigenvalue weighted by atomic mass is 16.5. The Hall–Kier alpha value is -1.02. The fraction of sp³-hybridized carbons (Fsp3) is 0.625. The fourth-order valence-corrected chi connectivity index (χ4v) is 2.69. The molecule has 18 heavy (non-hydrogen) atoms. The summed E-state index contributed by atoms with van der Waals surface area (Å²) in [6.07, 6.45) is 6.70. The molecule has 1 saturated carbocycles. The largest absolute Gasteiger partial charge is 0.492 e. The Labute approximate surface area is 111 Å². The summed E-state index contributed by atoms with van der Waals surface area (Å²) in [6, 6.07) is 8.32. The molecule has 1 aliphatic carbocycles. The van der Waals surface area contributed by atoms with Crippen LogP contribution in [0.2, 0.25) is 0 Å². The summed E-state index contributed by atoms with van der Waals surface area (Å²) in [5.74, 6) is 1.95. The van der Waals surface area contributed by atoms with Crippen molar-refractivity contribution in [2.75, 3.05) is 19.7 Å². The van der Waals surface area contributed by atoms with Crippen LogP contribution < -0.4 is 10.1 Å². The third kappa shape index (κ3) is 4.02. The number of hydrogen-bond acceptors (Lipinski definition) is 2. The van der Waals surface area contributed by atoms with Gasteiger partial charge in [0.25, 0.3) is 0 Å². The van der Waals surface area contributed by atoms with Crippen molar-refractivity contribution in [3.63, 3.8) is 0 Å². The normalized spacial score (nSPS) is 16.1. The van der Waals surface area contributed by atoms with E-state index in [9.17, 15) is 0 Å². The van der Waals surface area contributed by atoms with Crippen molar-refractivity contribution in [3.8, 4) is 5.75 Å². The Morgan fingerprint density at radius 3 is 2.78 bits per heavy atom. The van der Waals surface area contributed by atoms with Gasteiger partial charge in [-0.15, -0.1) is 0 Å². The number of hydrogen-bond donors (Lipinski definition) is 1. The number of benzene rings is 1. The lowest BCUT2D eigenvalue weighted by molar-refractivity contribution is 0.306. The number of aryl methyl sites for hydroxylation is 1. The molecule has 1 N–H and O–H groups in total. The van der Waals surface area contributed by atoms with Gasteiger partial charge in [0.2, 0.25) is 0 Å². The molecule has 1 aromatic carbocycles. The molecule has 0 aromatic heterocycles. The number of rotatable bonds is 7. The van der Waals surface area contributed by atoms with E-state index in [1.54, 1.807) is 0 Å². The minimum Gasteiger partial charge on any atom is -0.492 e. The molecule has 1 aliphatic rings.